The van der Waals surface area contributed by atoms with Crippen molar-refractivity contribution in [2.24, 2.45) is 0 Å². The van der Waals surface area contributed by atoms with Gasteiger partial charge in [-0.3, -0.25) is 14.3 Å². The third-order valence-electron chi connectivity index (χ3n) is 3.55. The maximum Gasteiger partial charge on any atom is 0.309 e. The lowest BCUT2D eigenvalue weighted by Gasteiger charge is -2.07. The summed E-state index contributed by atoms with van der Waals surface area (Å²) in [5.41, 5.74) is 7.74. The SMILES string of the molecule is COC(=O)Cc1ccc(N)c(Cl)c1.COC(=O)Cc1ccc(NS(C)(=O)=O)c(Cl)c1. The molecule has 0 aromatic heterocycles. The number of nitrogens with one attached hydrogen (secondary N) is 1. The Hall–Kier alpha value is -2.49. The van der Waals surface area contributed by atoms with Gasteiger partial charge in [0.05, 0.1) is 54.7 Å². The lowest BCUT2D eigenvalue weighted by molar-refractivity contribution is -0.140. The van der Waals surface area contributed by atoms with Gasteiger partial charge in [0.1, 0.15) is 0 Å². The third-order valence-corrected chi connectivity index (χ3v) is 4.78. The van der Waals surface area contributed by atoms with Gasteiger partial charge in [-0.25, -0.2) is 8.42 Å². The fourth-order valence-electron chi connectivity index (χ4n) is 2.11. The summed E-state index contributed by atoms with van der Waals surface area (Å²) in [4.78, 5) is 21.9. The summed E-state index contributed by atoms with van der Waals surface area (Å²) in [5, 5.41) is 0.693. The predicted octanol–water partition coefficient (Wildman–Crippen LogP) is 3.06. The summed E-state index contributed by atoms with van der Waals surface area (Å²) in [7, 11) is -0.723. The number of methoxy groups -OCH3 is 2. The first-order valence-corrected chi connectivity index (χ1v) is 11.0. The van der Waals surface area contributed by atoms with E-state index in [9.17, 15) is 18.0 Å². The van der Waals surface area contributed by atoms with E-state index in [1.54, 1.807) is 24.3 Å². The molecule has 0 fully saturated rings. The molecule has 0 saturated heterocycles. The van der Waals surface area contributed by atoms with Crippen LogP contribution in [0.1, 0.15) is 11.1 Å². The van der Waals surface area contributed by atoms with Gasteiger partial charge >= 0.3 is 11.9 Å². The van der Waals surface area contributed by atoms with E-state index in [1.165, 1.54) is 26.4 Å². The van der Waals surface area contributed by atoms with Gasteiger partial charge < -0.3 is 15.2 Å². The number of halogens is 2. The van der Waals surface area contributed by atoms with Gasteiger partial charge in [-0.15, -0.1) is 0 Å². The number of benzene rings is 2. The molecule has 0 spiro atoms. The van der Waals surface area contributed by atoms with Crippen LogP contribution in [0, 0.1) is 0 Å². The highest BCUT2D eigenvalue weighted by Gasteiger charge is 2.09. The van der Waals surface area contributed by atoms with E-state index in [0.717, 1.165) is 11.8 Å². The Morgan fingerprint density at radius 2 is 1.40 bits per heavy atom. The largest absolute Gasteiger partial charge is 0.469 e. The minimum absolute atomic E-state index is 0.0926. The molecule has 2 aromatic rings. The van der Waals surface area contributed by atoms with E-state index in [2.05, 4.69) is 14.2 Å². The number of hydrogen-bond donors (Lipinski definition) is 2. The van der Waals surface area contributed by atoms with Crippen molar-refractivity contribution in [2.45, 2.75) is 12.8 Å². The molecular weight excluding hydrogens is 455 g/mol. The van der Waals surface area contributed by atoms with Gasteiger partial charge in [0.2, 0.25) is 10.0 Å². The van der Waals surface area contributed by atoms with Crippen molar-refractivity contribution in [3.63, 3.8) is 0 Å². The molecule has 0 radical (unpaired) electrons. The maximum absolute atomic E-state index is 11.0. The molecule has 2 aromatic carbocycles. The van der Waals surface area contributed by atoms with Crippen LogP contribution in [0.5, 0.6) is 0 Å². The quantitative estimate of drug-likeness (QED) is 0.484. The van der Waals surface area contributed by atoms with Crippen molar-refractivity contribution in [3.8, 4) is 0 Å². The highest BCUT2D eigenvalue weighted by Crippen LogP contribution is 2.24. The highest BCUT2D eigenvalue weighted by molar-refractivity contribution is 7.92. The first kappa shape index (κ1) is 25.5. The molecule has 0 saturated carbocycles. The molecule has 3 N–H and O–H groups in total. The van der Waals surface area contributed by atoms with Crippen LogP contribution < -0.4 is 10.5 Å². The fraction of sp³-hybridized carbons (Fsp3) is 0.263. The van der Waals surface area contributed by atoms with Crippen molar-refractivity contribution in [1.82, 2.24) is 0 Å². The first-order chi connectivity index (χ1) is 13.9. The fourth-order valence-corrected chi connectivity index (χ4v) is 3.20. The summed E-state index contributed by atoms with van der Waals surface area (Å²) in [5.74, 6) is -0.675. The molecule has 0 bridgehead atoms. The molecule has 0 atom stereocenters. The zero-order valence-corrected chi connectivity index (χ0v) is 18.9. The zero-order valence-electron chi connectivity index (χ0n) is 16.6. The lowest BCUT2D eigenvalue weighted by Crippen LogP contribution is -2.10. The Bertz CT molecular complexity index is 1010. The smallest absolute Gasteiger partial charge is 0.309 e. The van der Waals surface area contributed by atoms with E-state index < -0.39 is 10.0 Å². The molecule has 2 rings (SSSR count). The van der Waals surface area contributed by atoms with Crippen LogP contribution in [0.15, 0.2) is 36.4 Å². The molecule has 11 heteroatoms. The average molecular weight is 477 g/mol. The number of anilines is 2. The predicted molar refractivity (Wildman–Crippen MR) is 117 cm³/mol. The van der Waals surface area contributed by atoms with Crippen LogP contribution in [0.2, 0.25) is 10.0 Å². The van der Waals surface area contributed by atoms with Gasteiger partial charge in [-0.2, -0.15) is 0 Å². The van der Waals surface area contributed by atoms with E-state index in [0.29, 0.717) is 16.3 Å². The Morgan fingerprint density at radius 3 is 1.80 bits per heavy atom. The summed E-state index contributed by atoms with van der Waals surface area (Å²) in [6.07, 6.45) is 1.34. The molecule has 164 valence electrons. The number of ether oxygens (including phenoxy) is 2. The number of esters is 2. The molecule has 8 nitrogen and oxygen atoms in total. The van der Waals surface area contributed by atoms with Crippen LogP contribution in [-0.4, -0.2) is 40.8 Å². The number of sulfonamides is 1. The lowest BCUT2D eigenvalue weighted by atomic mass is 10.1. The zero-order chi connectivity index (χ0) is 22.9. The van der Waals surface area contributed by atoms with Crippen molar-refractivity contribution in [1.29, 1.82) is 0 Å². The van der Waals surface area contributed by atoms with Crippen molar-refractivity contribution in [2.75, 3.05) is 30.9 Å². The monoisotopic (exact) mass is 476 g/mol. The normalized spacial score (nSPS) is 10.4. The minimum Gasteiger partial charge on any atom is -0.469 e. The summed E-state index contributed by atoms with van der Waals surface area (Å²) < 4.78 is 33.3. The van der Waals surface area contributed by atoms with Gasteiger partial charge in [-0.05, 0) is 35.4 Å². The van der Waals surface area contributed by atoms with Crippen LogP contribution in [0.3, 0.4) is 0 Å². The van der Waals surface area contributed by atoms with E-state index in [1.807, 2.05) is 0 Å². The van der Waals surface area contributed by atoms with Crippen molar-refractivity contribution < 1.29 is 27.5 Å². The number of hydrogen-bond acceptors (Lipinski definition) is 7. The van der Waals surface area contributed by atoms with Gasteiger partial charge in [0, 0.05) is 0 Å². The van der Waals surface area contributed by atoms with Gasteiger partial charge in [0.15, 0.2) is 0 Å². The molecule has 0 aliphatic carbocycles. The second kappa shape index (κ2) is 11.6. The Balaban J connectivity index is 0.000000311. The number of carbonyl (C=O) groups is 2. The van der Waals surface area contributed by atoms with E-state index in [-0.39, 0.29) is 35.5 Å². The van der Waals surface area contributed by atoms with Gasteiger partial charge in [0.25, 0.3) is 0 Å². The van der Waals surface area contributed by atoms with E-state index in [4.69, 9.17) is 28.9 Å². The molecule has 0 heterocycles. The number of carbonyl (C=O) groups excluding carboxylic acids is 2. The van der Waals surface area contributed by atoms with Crippen LogP contribution in [-0.2, 0) is 41.9 Å². The molecule has 0 amide bonds. The maximum atomic E-state index is 11.0. The summed E-state index contributed by atoms with van der Waals surface area (Å²) >= 11 is 11.6. The Labute approximate surface area is 185 Å². The standard InChI is InChI=1S/C10H12ClNO4S.C9H10ClNO2/c1-16-10(13)6-7-3-4-9(8(11)5-7)12-17(2,14)15;1-13-9(12)5-6-2-3-8(11)7(10)4-6/h3-5,12H,6H2,1-2H3;2-4H,5,11H2,1H3. The highest BCUT2D eigenvalue weighted by atomic mass is 35.5. The summed E-state index contributed by atoms with van der Waals surface area (Å²) in [6, 6.07) is 9.70. The Morgan fingerprint density at radius 1 is 0.933 bits per heavy atom. The number of nitrogens with two attached hydrogens (primary N) is 1. The second-order valence-corrected chi connectivity index (χ2v) is 8.61. The second-order valence-electron chi connectivity index (χ2n) is 6.05. The first-order valence-electron chi connectivity index (χ1n) is 8.39. The Kier molecular flexibility index (Phi) is 9.91. The molecule has 0 aliphatic heterocycles. The topological polar surface area (TPSA) is 125 Å². The number of rotatable bonds is 6. The molecule has 30 heavy (non-hydrogen) atoms. The van der Waals surface area contributed by atoms with Crippen molar-refractivity contribution in [3.05, 3.63) is 57.6 Å². The van der Waals surface area contributed by atoms with E-state index >= 15 is 0 Å². The molecule has 0 aliphatic rings. The summed E-state index contributed by atoms with van der Waals surface area (Å²) in [6.45, 7) is 0. The molecule has 0 unspecified atom stereocenters. The van der Waals surface area contributed by atoms with Gasteiger partial charge in [-0.1, -0.05) is 35.3 Å². The van der Waals surface area contributed by atoms with Crippen LogP contribution in [0.4, 0.5) is 11.4 Å². The minimum atomic E-state index is -3.37. The number of nitrogen functional groups attached to an aromatic ring is 1. The van der Waals surface area contributed by atoms with Crippen LogP contribution in [0.25, 0.3) is 0 Å². The van der Waals surface area contributed by atoms with Crippen molar-refractivity contribution >= 4 is 56.5 Å². The third kappa shape index (κ3) is 9.34. The molecular formula is C19H22Cl2N2O6S. The van der Waals surface area contributed by atoms with Crippen LogP contribution >= 0.6 is 23.2 Å². The average Bonchev–Trinajstić information content (AvgIpc) is 2.66.